The summed E-state index contributed by atoms with van der Waals surface area (Å²) in [4.78, 5) is 30.4. The molecular formula is C18H24N6O2. The molecule has 3 rings (SSSR count). The first kappa shape index (κ1) is 17.9. The van der Waals surface area contributed by atoms with Crippen LogP contribution in [0.3, 0.4) is 0 Å². The van der Waals surface area contributed by atoms with E-state index >= 15 is 0 Å². The Labute approximate surface area is 153 Å². The van der Waals surface area contributed by atoms with Crippen LogP contribution in [0.25, 0.3) is 5.69 Å². The van der Waals surface area contributed by atoms with Crippen LogP contribution in [0.15, 0.2) is 36.9 Å². The van der Waals surface area contributed by atoms with Crippen molar-refractivity contribution in [3.8, 4) is 5.69 Å². The van der Waals surface area contributed by atoms with E-state index in [-0.39, 0.29) is 11.9 Å². The standard InChI is InChI=1S/C18H24N6O2/c1-18(2)11-22(17(26)21(3)4)9-10-24(18)16(25)14-5-7-15(8-6-14)23-12-19-20-13-23/h5-8,12-13H,9-11H2,1-4H3. The van der Waals surface area contributed by atoms with E-state index in [1.807, 2.05) is 43.0 Å². The van der Waals surface area contributed by atoms with Crippen LogP contribution >= 0.6 is 0 Å². The Morgan fingerprint density at radius 1 is 1.04 bits per heavy atom. The fourth-order valence-corrected chi connectivity index (χ4v) is 3.24. The van der Waals surface area contributed by atoms with Gasteiger partial charge in [-0.1, -0.05) is 0 Å². The smallest absolute Gasteiger partial charge is 0.319 e. The Bertz CT molecular complexity index is 783. The molecule has 0 radical (unpaired) electrons. The second-order valence-electron chi connectivity index (χ2n) is 7.28. The van der Waals surface area contributed by atoms with Crippen LogP contribution in [-0.4, -0.2) is 80.7 Å². The monoisotopic (exact) mass is 356 g/mol. The Kier molecular flexibility index (Phi) is 4.67. The molecule has 1 fully saturated rings. The number of aromatic nitrogens is 3. The number of urea groups is 1. The number of rotatable bonds is 2. The summed E-state index contributed by atoms with van der Waals surface area (Å²) >= 11 is 0. The molecule has 0 unspecified atom stereocenters. The minimum Gasteiger partial charge on any atom is -0.331 e. The average molecular weight is 356 g/mol. The van der Waals surface area contributed by atoms with Crippen molar-refractivity contribution in [2.24, 2.45) is 0 Å². The molecule has 1 aromatic carbocycles. The number of piperazine rings is 1. The average Bonchev–Trinajstić information content (AvgIpc) is 3.14. The molecule has 0 bridgehead atoms. The summed E-state index contributed by atoms with van der Waals surface area (Å²) in [5, 5.41) is 7.57. The lowest BCUT2D eigenvalue weighted by Crippen LogP contribution is -2.63. The molecule has 1 saturated heterocycles. The van der Waals surface area contributed by atoms with Crippen LogP contribution in [0.5, 0.6) is 0 Å². The zero-order valence-electron chi connectivity index (χ0n) is 15.6. The summed E-state index contributed by atoms with van der Waals surface area (Å²) < 4.78 is 1.78. The number of amides is 3. The van der Waals surface area contributed by atoms with Gasteiger partial charge in [-0.25, -0.2) is 4.79 Å². The second kappa shape index (κ2) is 6.78. The van der Waals surface area contributed by atoms with E-state index in [4.69, 9.17) is 0 Å². The molecule has 3 amide bonds. The van der Waals surface area contributed by atoms with Gasteiger partial charge in [0.15, 0.2) is 0 Å². The van der Waals surface area contributed by atoms with Crippen molar-refractivity contribution < 1.29 is 9.59 Å². The lowest BCUT2D eigenvalue weighted by molar-refractivity contribution is 0.0241. The van der Waals surface area contributed by atoms with Crippen LogP contribution in [0.1, 0.15) is 24.2 Å². The van der Waals surface area contributed by atoms with Crippen LogP contribution < -0.4 is 0 Å². The molecule has 0 saturated carbocycles. The molecule has 0 atom stereocenters. The number of hydrogen-bond donors (Lipinski definition) is 0. The molecule has 1 aromatic heterocycles. The molecule has 8 nitrogen and oxygen atoms in total. The van der Waals surface area contributed by atoms with Gasteiger partial charge in [0.05, 0.1) is 5.54 Å². The molecule has 0 aliphatic carbocycles. The predicted octanol–water partition coefficient (Wildman–Crippen LogP) is 1.49. The molecule has 1 aliphatic rings. The van der Waals surface area contributed by atoms with Crippen molar-refractivity contribution >= 4 is 11.9 Å². The Morgan fingerprint density at radius 2 is 1.65 bits per heavy atom. The Balaban J connectivity index is 1.74. The lowest BCUT2D eigenvalue weighted by Gasteiger charge is -2.47. The van der Waals surface area contributed by atoms with Gasteiger partial charge in [-0.3, -0.25) is 9.36 Å². The third-order valence-electron chi connectivity index (χ3n) is 4.63. The van der Waals surface area contributed by atoms with Crippen molar-refractivity contribution in [3.63, 3.8) is 0 Å². The van der Waals surface area contributed by atoms with E-state index in [0.29, 0.717) is 25.2 Å². The van der Waals surface area contributed by atoms with E-state index in [9.17, 15) is 9.59 Å². The molecule has 26 heavy (non-hydrogen) atoms. The van der Waals surface area contributed by atoms with Crippen molar-refractivity contribution in [2.75, 3.05) is 33.7 Å². The van der Waals surface area contributed by atoms with Crippen LogP contribution in [0.2, 0.25) is 0 Å². The van der Waals surface area contributed by atoms with E-state index in [1.54, 1.807) is 41.1 Å². The molecule has 2 aromatic rings. The summed E-state index contributed by atoms with van der Waals surface area (Å²) in [6.07, 6.45) is 3.22. The van der Waals surface area contributed by atoms with Gasteiger partial charge in [-0.15, -0.1) is 10.2 Å². The third kappa shape index (κ3) is 3.40. The number of hydrogen-bond acceptors (Lipinski definition) is 4. The highest BCUT2D eigenvalue weighted by molar-refractivity contribution is 5.95. The van der Waals surface area contributed by atoms with E-state index in [0.717, 1.165) is 5.69 Å². The first-order valence-corrected chi connectivity index (χ1v) is 8.53. The zero-order chi connectivity index (χ0) is 18.9. The van der Waals surface area contributed by atoms with Gasteiger partial charge in [0, 0.05) is 45.0 Å². The summed E-state index contributed by atoms with van der Waals surface area (Å²) in [5.41, 5.74) is 1.09. The summed E-state index contributed by atoms with van der Waals surface area (Å²) in [6, 6.07) is 7.34. The zero-order valence-corrected chi connectivity index (χ0v) is 15.6. The topological polar surface area (TPSA) is 74.6 Å². The number of carbonyl (C=O) groups is 2. The predicted molar refractivity (Wildman–Crippen MR) is 97.1 cm³/mol. The summed E-state index contributed by atoms with van der Waals surface area (Å²) in [5.74, 6) is -0.0257. The fourth-order valence-electron chi connectivity index (χ4n) is 3.24. The van der Waals surface area contributed by atoms with Crippen molar-refractivity contribution in [1.29, 1.82) is 0 Å². The van der Waals surface area contributed by atoms with Gasteiger partial charge in [0.25, 0.3) is 5.91 Å². The molecule has 138 valence electrons. The Hall–Kier alpha value is -2.90. The summed E-state index contributed by atoms with van der Waals surface area (Å²) in [7, 11) is 3.48. The Morgan fingerprint density at radius 3 is 2.19 bits per heavy atom. The number of carbonyl (C=O) groups excluding carboxylic acids is 2. The number of benzene rings is 1. The molecule has 0 spiro atoms. The highest BCUT2D eigenvalue weighted by atomic mass is 16.2. The van der Waals surface area contributed by atoms with Crippen molar-refractivity contribution in [2.45, 2.75) is 19.4 Å². The molecule has 8 heteroatoms. The van der Waals surface area contributed by atoms with Gasteiger partial charge in [-0.05, 0) is 38.1 Å². The lowest BCUT2D eigenvalue weighted by atomic mass is 9.97. The van der Waals surface area contributed by atoms with Gasteiger partial charge in [-0.2, -0.15) is 0 Å². The largest absolute Gasteiger partial charge is 0.331 e. The SMILES string of the molecule is CN(C)C(=O)N1CCN(C(=O)c2ccc(-n3cnnc3)cc2)C(C)(C)C1. The molecule has 0 N–H and O–H groups in total. The van der Waals surface area contributed by atoms with E-state index in [2.05, 4.69) is 10.2 Å². The van der Waals surface area contributed by atoms with E-state index < -0.39 is 5.54 Å². The highest BCUT2D eigenvalue weighted by Crippen LogP contribution is 2.24. The third-order valence-corrected chi connectivity index (χ3v) is 4.63. The molecule has 1 aliphatic heterocycles. The molecule has 2 heterocycles. The maximum atomic E-state index is 13.0. The maximum absolute atomic E-state index is 13.0. The minimum absolute atomic E-state index is 0.0246. The van der Waals surface area contributed by atoms with Crippen molar-refractivity contribution in [1.82, 2.24) is 29.5 Å². The van der Waals surface area contributed by atoms with Gasteiger partial charge < -0.3 is 14.7 Å². The normalized spacial score (nSPS) is 16.5. The van der Waals surface area contributed by atoms with Gasteiger partial charge in [0.1, 0.15) is 12.7 Å². The maximum Gasteiger partial charge on any atom is 0.319 e. The van der Waals surface area contributed by atoms with E-state index in [1.165, 1.54) is 0 Å². The summed E-state index contributed by atoms with van der Waals surface area (Å²) in [6.45, 7) is 5.54. The van der Waals surface area contributed by atoms with Crippen LogP contribution in [0.4, 0.5) is 4.79 Å². The van der Waals surface area contributed by atoms with Gasteiger partial charge in [0.2, 0.25) is 0 Å². The fraction of sp³-hybridized carbons (Fsp3) is 0.444. The quantitative estimate of drug-likeness (QED) is 0.817. The molecular weight excluding hydrogens is 332 g/mol. The van der Waals surface area contributed by atoms with Crippen LogP contribution in [0, 0.1) is 0 Å². The van der Waals surface area contributed by atoms with Crippen molar-refractivity contribution in [3.05, 3.63) is 42.5 Å². The van der Waals surface area contributed by atoms with Crippen LogP contribution in [-0.2, 0) is 0 Å². The highest BCUT2D eigenvalue weighted by Gasteiger charge is 2.38. The second-order valence-corrected chi connectivity index (χ2v) is 7.28. The van der Waals surface area contributed by atoms with Gasteiger partial charge >= 0.3 is 6.03 Å². The first-order chi connectivity index (χ1) is 12.3. The first-order valence-electron chi connectivity index (χ1n) is 8.53. The minimum atomic E-state index is -0.437. The number of nitrogens with zero attached hydrogens (tertiary/aromatic N) is 6.